The quantitative estimate of drug-likeness (QED) is 0.594. The maximum atomic E-state index is 12.9. The van der Waals surface area contributed by atoms with Crippen LogP contribution in [0.25, 0.3) is 0 Å². The van der Waals surface area contributed by atoms with Crippen molar-refractivity contribution in [2.45, 2.75) is 38.5 Å². The van der Waals surface area contributed by atoms with E-state index < -0.39 is 24.1 Å². The number of carbonyl (C=O) groups excluding carboxylic acids is 3. The van der Waals surface area contributed by atoms with Gasteiger partial charge in [-0.15, -0.1) is 0 Å². The van der Waals surface area contributed by atoms with E-state index in [1.54, 1.807) is 26.1 Å². The van der Waals surface area contributed by atoms with Gasteiger partial charge in [0.05, 0.1) is 0 Å². The normalized spacial score (nSPS) is 18.4. The Labute approximate surface area is 182 Å². The minimum Gasteiger partial charge on any atom is -0.435 e. The van der Waals surface area contributed by atoms with Crippen LogP contribution in [0.4, 0.5) is 13.6 Å². The molecule has 0 aliphatic carbocycles. The Morgan fingerprint density at radius 1 is 1.23 bits per heavy atom. The zero-order chi connectivity index (χ0) is 22.6. The van der Waals surface area contributed by atoms with Gasteiger partial charge in [-0.25, -0.2) is 4.79 Å². The number of likely N-dealkylation sites (N-methyl/N-ethyl adjacent to an activating group) is 1. The van der Waals surface area contributed by atoms with E-state index in [9.17, 15) is 23.2 Å². The number of urea groups is 1. The lowest BCUT2D eigenvalue weighted by molar-refractivity contribution is -0.138. The highest BCUT2D eigenvalue weighted by Gasteiger charge is 2.48. The molecule has 0 saturated carbocycles. The Bertz CT molecular complexity index is 937. The molecule has 2 heterocycles. The predicted octanol–water partition coefficient (Wildman–Crippen LogP) is 3.25. The molecule has 31 heavy (non-hydrogen) atoms. The lowest BCUT2D eigenvalue weighted by atomic mass is 9.93. The molecule has 4 amide bonds. The number of hydrogen-bond acceptors (Lipinski definition) is 5. The standard InChI is InChI=1S/C21H23F2N3O4S/c1-21(9-7-14-3-5-16(6-4-14)30-19(22)23)18(28)26(20(29)24-21)12-17(27)25(2)11-15-8-10-31-13-15/h3-6,8,10,13,19H,7,9,11-12H2,1-2H3,(H,24,29). The molecule has 2 aromatic rings. The van der Waals surface area contributed by atoms with Crippen LogP contribution >= 0.6 is 11.3 Å². The van der Waals surface area contributed by atoms with Gasteiger partial charge in [0.25, 0.3) is 5.91 Å². The molecule has 1 N–H and O–H groups in total. The summed E-state index contributed by atoms with van der Waals surface area (Å²) in [4.78, 5) is 40.2. The van der Waals surface area contributed by atoms with Crippen molar-refractivity contribution < 1.29 is 27.9 Å². The third-order valence-corrected chi connectivity index (χ3v) is 5.86. The zero-order valence-electron chi connectivity index (χ0n) is 17.1. The lowest BCUT2D eigenvalue weighted by Crippen LogP contribution is -2.45. The molecular formula is C21H23F2N3O4S. The molecule has 1 aromatic heterocycles. The van der Waals surface area contributed by atoms with Gasteiger partial charge < -0.3 is 15.0 Å². The summed E-state index contributed by atoms with van der Waals surface area (Å²) in [7, 11) is 1.62. The monoisotopic (exact) mass is 451 g/mol. The van der Waals surface area contributed by atoms with Crippen LogP contribution in [0, 0.1) is 0 Å². The molecule has 0 bridgehead atoms. The third kappa shape index (κ3) is 5.57. The molecular weight excluding hydrogens is 428 g/mol. The molecule has 1 unspecified atom stereocenters. The van der Waals surface area contributed by atoms with Crippen molar-refractivity contribution in [3.05, 3.63) is 52.2 Å². The molecule has 166 valence electrons. The molecule has 10 heteroatoms. The first-order valence-electron chi connectivity index (χ1n) is 9.61. The Morgan fingerprint density at radius 3 is 2.55 bits per heavy atom. The number of nitrogens with one attached hydrogen (secondary N) is 1. The molecule has 1 aliphatic heterocycles. The number of hydrogen-bond donors (Lipinski definition) is 1. The molecule has 0 spiro atoms. The zero-order valence-corrected chi connectivity index (χ0v) is 18.0. The van der Waals surface area contributed by atoms with Crippen LogP contribution in [-0.2, 0) is 22.6 Å². The fourth-order valence-electron chi connectivity index (χ4n) is 3.29. The van der Waals surface area contributed by atoms with Gasteiger partial charge in [-0.3, -0.25) is 14.5 Å². The smallest absolute Gasteiger partial charge is 0.387 e. The van der Waals surface area contributed by atoms with Crippen LogP contribution in [0.15, 0.2) is 41.1 Å². The highest BCUT2D eigenvalue weighted by Crippen LogP contribution is 2.24. The van der Waals surface area contributed by atoms with Crippen LogP contribution < -0.4 is 10.1 Å². The summed E-state index contributed by atoms with van der Waals surface area (Å²) in [6.45, 7) is -1.22. The number of carbonyl (C=O) groups is 3. The van der Waals surface area contributed by atoms with Gasteiger partial charge in [0.1, 0.15) is 17.8 Å². The Kier molecular flexibility index (Phi) is 6.89. The first-order valence-corrected chi connectivity index (χ1v) is 10.5. The second-order valence-corrected chi connectivity index (χ2v) is 8.34. The van der Waals surface area contributed by atoms with E-state index >= 15 is 0 Å². The Hall–Kier alpha value is -3.01. The number of ether oxygens (including phenoxy) is 1. The van der Waals surface area contributed by atoms with Crippen molar-refractivity contribution in [2.75, 3.05) is 13.6 Å². The maximum absolute atomic E-state index is 12.9. The summed E-state index contributed by atoms with van der Waals surface area (Å²) < 4.78 is 28.8. The third-order valence-electron chi connectivity index (χ3n) is 5.13. The highest BCUT2D eigenvalue weighted by atomic mass is 32.1. The van der Waals surface area contributed by atoms with Crippen LogP contribution in [0.5, 0.6) is 5.75 Å². The fourth-order valence-corrected chi connectivity index (χ4v) is 3.95. The molecule has 1 aromatic carbocycles. The minimum absolute atomic E-state index is 0.0477. The molecule has 0 radical (unpaired) electrons. The van der Waals surface area contributed by atoms with Crippen LogP contribution in [0.1, 0.15) is 24.5 Å². The van der Waals surface area contributed by atoms with Crippen LogP contribution in [-0.4, -0.2) is 53.4 Å². The molecule has 1 saturated heterocycles. The van der Waals surface area contributed by atoms with Crippen LogP contribution in [0.3, 0.4) is 0 Å². The first kappa shape index (κ1) is 22.7. The van der Waals surface area contributed by atoms with Gasteiger partial charge in [-0.05, 0) is 59.9 Å². The van der Waals surface area contributed by atoms with E-state index in [0.717, 1.165) is 16.0 Å². The summed E-state index contributed by atoms with van der Waals surface area (Å²) in [5.74, 6) is -0.757. The van der Waals surface area contributed by atoms with E-state index in [2.05, 4.69) is 10.1 Å². The summed E-state index contributed by atoms with van der Waals surface area (Å²) in [6, 6.07) is 7.41. The molecule has 7 nitrogen and oxygen atoms in total. The van der Waals surface area contributed by atoms with Gasteiger partial charge in [0.2, 0.25) is 5.91 Å². The SMILES string of the molecule is CN(Cc1ccsc1)C(=O)CN1C(=O)NC(C)(CCc2ccc(OC(F)F)cc2)C1=O. The number of halogens is 2. The highest BCUT2D eigenvalue weighted by molar-refractivity contribution is 7.07. The summed E-state index contributed by atoms with van der Waals surface area (Å²) >= 11 is 1.53. The average molecular weight is 451 g/mol. The average Bonchev–Trinajstić information content (AvgIpc) is 3.29. The van der Waals surface area contributed by atoms with Crippen molar-refractivity contribution >= 4 is 29.2 Å². The van der Waals surface area contributed by atoms with Crippen molar-refractivity contribution in [3.63, 3.8) is 0 Å². The lowest BCUT2D eigenvalue weighted by Gasteiger charge is -2.23. The van der Waals surface area contributed by atoms with Crippen molar-refractivity contribution in [3.8, 4) is 5.75 Å². The van der Waals surface area contributed by atoms with Gasteiger partial charge in [-0.2, -0.15) is 20.1 Å². The number of benzene rings is 1. The number of alkyl halides is 2. The summed E-state index contributed by atoms with van der Waals surface area (Å²) in [6.07, 6.45) is 0.722. The minimum atomic E-state index is -2.89. The van der Waals surface area contributed by atoms with Gasteiger partial charge in [0.15, 0.2) is 0 Å². The van der Waals surface area contributed by atoms with E-state index in [-0.39, 0.29) is 18.2 Å². The summed E-state index contributed by atoms with van der Waals surface area (Å²) in [5, 5.41) is 6.52. The van der Waals surface area contributed by atoms with Crippen molar-refractivity contribution in [2.24, 2.45) is 0 Å². The first-order chi connectivity index (χ1) is 14.7. The predicted molar refractivity (Wildman–Crippen MR) is 111 cm³/mol. The van der Waals surface area contributed by atoms with E-state index in [1.807, 2.05) is 16.8 Å². The summed E-state index contributed by atoms with van der Waals surface area (Å²) in [5.41, 5.74) is 0.629. The fraction of sp³-hybridized carbons (Fsp3) is 0.381. The number of rotatable bonds is 9. The molecule has 1 fully saturated rings. The second-order valence-electron chi connectivity index (χ2n) is 7.56. The van der Waals surface area contributed by atoms with Gasteiger partial charge in [0, 0.05) is 13.6 Å². The van der Waals surface area contributed by atoms with Crippen molar-refractivity contribution in [1.29, 1.82) is 0 Å². The molecule has 3 rings (SSSR count). The van der Waals surface area contributed by atoms with E-state index in [4.69, 9.17) is 0 Å². The number of amides is 4. The van der Waals surface area contributed by atoms with Crippen LogP contribution in [0.2, 0.25) is 0 Å². The van der Waals surface area contributed by atoms with E-state index in [0.29, 0.717) is 19.4 Å². The Balaban J connectivity index is 1.57. The van der Waals surface area contributed by atoms with E-state index in [1.165, 1.54) is 28.4 Å². The largest absolute Gasteiger partial charge is 0.435 e. The van der Waals surface area contributed by atoms with Gasteiger partial charge in [-0.1, -0.05) is 12.1 Å². The number of imide groups is 1. The number of thiophene rings is 1. The maximum Gasteiger partial charge on any atom is 0.387 e. The van der Waals surface area contributed by atoms with Gasteiger partial charge >= 0.3 is 12.6 Å². The second kappa shape index (κ2) is 9.42. The molecule has 1 aliphatic rings. The van der Waals surface area contributed by atoms with Crippen molar-refractivity contribution in [1.82, 2.24) is 15.1 Å². The Morgan fingerprint density at radius 2 is 1.94 bits per heavy atom. The topological polar surface area (TPSA) is 79.0 Å². The number of nitrogens with zero attached hydrogens (tertiary/aromatic N) is 2. The number of aryl methyl sites for hydroxylation is 1. The molecule has 1 atom stereocenters.